The third-order valence-electron chi connectivity index (χ3n) is 3.04. The summed E-state index contributed by atoms with van der Waals surface area (Å²) < 4.78 is 25.9. The molecule has 0 saturated heterocycles. The zero-order valence-electron chi connectivity index (χ0n) is 11.5. The predicted octanol–water partition coefficient (Wildman–Crippen LogP) is 2.76. The fourth-order valence-electron chi connectivity index (χ4n) is 1.92. The van der Waals surface area contributed by atoms with Crippen molar-refractivity contribution in [2.24, 2.45) is 7.05 Å². The van der Waals surface area contributed by atoms with Crippen molar-refractivity contribution < 1.29 is 13.9 Å². The summed E-state index contributed by atoms with van der Waals surface area (Å²) in [5.41, 5.74) is 2.53. The number of hydrogen-bond donors (Lipinski definition) is 0. The number of benzene rings is 1. The second kappa shape index (κ2) is 5.30. The first-order valence-corrected chi connectivity index (χ1v) is 5.98. The SMILES string of the molecule is COc1ccc(COc2c(C)nn(C)c2C)cc1F. The van der Waals surface area contributed by atoms with Gasteiger partial charge in [0.15, 0.2) is 17.3 Å². The summed E-state index contributed by atoms with van der Waals surface area (Å²) in [4.78, 5) is 0. The largest absolute Gasteiger partial charge is 0.494 e. The molecule has 0 N–H and O–H groups in total. The highest BCUT2D eigenvalue weighted by molar-refractivity contribution is 5.33. The number of rotatable bonds is 4. The lowest BCUT2D eigenvalue weighted by Gasteiger charge is -2.08. The van der Waals surface area contributed by atoms with Crippen molar-refractivity contribution in [3.8, 4) is 11.5 Å². The normalized spacial score (nSPS) is 10.6. The van der Waals surface area contributed by atoms with Crippen LogP contribution in [0, 0.1) is 19.7 Å². The van der Waals surface area contributed by atoms with Crippen LogP contribution in [0.2, 0.25) is 0 Å². The van der Waals surface area contributed by atoms with Crippen LogP contribution in [0.15, 0.2) is 18.2 Å². The lowest BCUT2D eigenvalue weighted by Crippen LogP contribution is -1.99. The number of nitrogens with zero attached hydrogens (tertiary/aromatic N) is 2. The summed E-state index contributed by atoms with van der Waals surface area (Å²) in [6.07, 6.45) is 0. The topological polar surface area (TPSA) is 36.3 Å². The average Bonchev–Trinajstić information content (AvgIpc) is 2.61. The molecule has 4 nitrogen and oxygen atoms in total. The van der Waals surface area contributed by atoms with Crippen LogP contribution in [-0.2, 0) is 13.7 Å². The van der Waals surface area contributed by atoms with Crippen molar-refractivity contribution in [2.75, 3.05) is 7.11 Å². The Morgan fingerprint density at radius 3 is 2.58 bits per heavy atom. The van der Waals surface area contributed by atoms with Gasteiger partial charge in [0.25, 0.3) is 0 Å². The summed E-state index contributed by atoms with van der Waals surface area (Å²) in [6, 6.07) is 4.79. The summed E-state index contributed by atoms with van der Waals surface area (Å²) in [6.45, 7) is 4.12. The molecule has 0 spiro atoms. The minimum Gasteiger partial charge on any atom is -0.494 e. The van der Waals surface area contributed by atoms with E-state index in [0.717, 1.165) is 22.7 Å². The summed E-state index contributed by atoms with van der Waals surface area (Å²) in [5.74, 6) is 0.597. The molecule has 0 bridgehead atoms. The molecule has 5 heteroatoms. The van der Waals surface area contributed by atoms with E-state index in [0.29, 0.717) is 6.61 Å². The number of aromatic nitrogens is 2. The van der Waals surface area contributed by atoms with Crippen LogP contribution in [0.25, 0.3) is 0 Å². The van der Waals surface area contributed by atoms with Crippen LogP contribution in [0.3, 0.4) is 0 Å². The quantitative estimate of drug-likeness (QED) is 0.852. The Hall–Kier alpha value is -2.04. The summed E-state index contributed by atoms with van der Waals surface area (Å²) >= 11 is 0. The second-order valence-electron chi connectivity index (χ2n) is 4.38. The molecule has 2 rings (SSSR count). The molecule has 19 heavy (non-hydrogen) atoms. The zero-order valence-corrected chi connectivity index (χ0v) is 11.5. The van der Waals surface area contributed by atoms with Crippen molar-refractivity contribution >= 4 is 0 Å². The van der Waals surface area contributed by atoms with E-state index in [2.05, 4.69) is 5.10 Å². The van der Waals surface area contributed by atoms with Crippen LogP contribution in [0.4, 0.5) is 4.39 Å². The van der Waals surface area contributed by atoms with Crippen LogP contribution >= 0.6 is 0 Å². The highest BCUT2D eigenvalue weighted by atomic mass is 19.1. The molecule has 0 saturated carbocycles. The second-order valence-corrected chi connectivity index (χ2v) is 4.38. The number of methoxy groups -OCH3 is 1. The van der Waals surface area contributed by atoms with E-state index in [1.54, 1.807) is 16.8 Å². The molecule has 1 aromatic carbocycles. The van der Waals surface area contributed by atoms with Gasteiger partial charge in [0.1, 0.15) is 12.3 Å². The van der Waals surface area contributed by atoms with Crippen molar-refractivity contribution in [3.63, 3.8) is 0 Å². The molecule has 0 amide bonds. The number of hydrogen-bond acceptors (Lipinski definition) is 3. The fraction of sp³-hybridized carbons (Fsp3) is 0.357. The Morgan fingerprint density at radius 2 is 2.05 bits per heavy atom. The molecule has 1 heterocycles. The van der Waals surface area contributed by atoms with E-state index in [1.165, 1.54) is 13.2 Å². The predicted molar refractivity (Wildman–Crippen MR) is 70.0 cm³/mol. The average molecular weight is 264 g/mol. The Labute approximate surface area is 111 Å². The van der Waals surface area contributed by atoms with E-state index in [4.69, 9.17) is 9.47 Å². The third-order valence-corrected chi connectivity index (χ3v) is 3.04. The minimum absolute atomic E-state index is 0.234. The van der Waals surface area contributed by atoms with Crippen LogP contribution < -0.4 is 9.47 Å². The van der Waals surface area contributed by atoms with Crippen molar-refractivity contribution in [1.29, 1.82) is 0 Å². The molecule has 0 fully saturated rings. The highest BCUT2D eigenvalue weighted by Gasteiger charge is 2.11. The van der Waals surface area contributed by atoms with Gasteiger partial charge in [0.2, 0.25) is 0 Å². The molecular weight excluding hydrogens is 247 g/mol. The van der Waals surface area contributed by atoms with E-state index in [9.17, 15) is 4.39 Å². The standard InChI is InChI=1S/C14H17FN2O2/c1-9-14(10(2)17(3)16-9)19-8-11-5-6-13(18-4)12(15)7-11/h5-7H,8H2,1-4H3. The molecule has 102 valence electrons. The van der Waals surface area contributed by atoms with Gasteiger partial charge in [-0.25, -0.2) is 4.39 Å². The Bertz CT molecular complexity index is 593. The maximum absolute atomic E-state index is 13.5. The van der Waals surface area contributed by atoms with Gasteiger partial charge in [0.05, 0.1) is 12.8 Å². The van der Waals surface area contributed by atoms with Crippen molar-refractivity contribution in [3.05, 3.63) is 41.0 Å². The number of ether oxygens (including phenoxy) is 2. The molecule has 2 aromatic rings. The van der Waals surface area contributed by atoms with E-state index >= 15 is 0 Å². The van der Waals surface area contributed by atoms with Crippen LogP contribution in [0.5, 0.6) is 11.5 Å². The summed E-state index contributed by atoms with van der Waals surface area (Å²) in [5, 5.41) is 4.27. The van der Waals surface area contributed by atoms with Crippen molar-refractivity contribution in [1.82, 2.24) is 9.78 Å². The Morgan fingerprint density at radius 1 is 1.32 bits per heavy atom. The maximum Gasteiger partial charge on any atom is 0.165 e. The fourth-order valence-corrected chi connectivity index (χ4v) is 1.92. The van der Waals surface area contributed by atoms with Gasteiger partial charge in [0, 0.05) is 7.05 Å². The van der Waals surface area contributed by atoms with Crippen LogP contribution in [-0.4, -0.2) is 16.9 Å². The smallest absolute Gasteiger partial charge is 0.165 e. The minimum atomic E-state index is -0.386. The highest BCUT2D eigenvalue weighted by Crippen LogP contribution is 2.23. The molecule has 0 aliphatic heterocycles. The first kappa shape index (κ1) is 13.4. The van der Waals surface area contributed by atoms with Gasteiger partial charge in [-0.1, -0.05) is 6.07 Å². The molecule has 0 unspecified atom stereocenters. The Balaban J connectivity index is 2.12. The molecule has 0 aliphatic rings. The van der Waals surface area contributed by atoms with E-state index < -0.39 is 0 Å². The van der Waals surface area contributed by atoms with Gasteiger partial charge in [-0.05, 0) is 31.5 Å². The first-order chi connectivity index (χ1) is 9.02. The molecule has 0 atom stereocenters. The van der Waals surface area contributed by atoms with E-state index in [1.807, 2.05) is 20.9 Å². The molecule has 0 aliphatic carbocycles. The maximum atomic E-state index is 13.5. The van der Waals surface area contributed by atoms with E-state index in [-0.39, 0.29) is 11.6 Å². The monoisotopic (exact) mass is 264 g/mol. The van der Waals surface area contributed by atoms with Gasteiger partial charge in [-0.2, -0.15) is 5.10 Å². The lowest BCUT2D eigenvalue weighted by molar-refractivity contribution is 0.300. The summed E-state index contributed by atoms with van der Waals surface area (Å²) in [7, 11) is 3.30. The van der Waals surface area contributed by atoms with Gasteiger partial charge < -0.3 is 9.47 Å². The molecule has 0 radical (unpaired) electrons. The van der Waals surface area contributed by atoms with Gasteiger partial charge in [-0.3, -0.25) is 4.68 Å². The Kier molecular flexibility index (Phi) is 3.74. The lowest BCUT2D eigenvalue weighted by atomic mass is 10.2. The zero-order chi connectivity index (χ0) is 14.0. The van der Waals surface area contributed by atoms with Crippen molar-refractivity contribution in [2.45, 2.75) is 20.5 Å². The van der Waals surface area contributed by atoms with Crippen LogP contribution in [0.1, 0.15) is 17.0 Å². The third kappa shape index (κ3) is 2.70. The molecule has 1 aromatic heterocycles. The van der Waals surface area contributed by atoms with Gasteiger partial charge in [-0.15, -0.1) is 0 Å². The first-order valence-electron chi connectivity index (χ1n) is 5.98. The number of aryl methyl sites for hydroxylation is 2. The van der Waals surface area contributed by atoms with Gasteiger partial charge >= 0.3 is 0 Å². The number of halogens is 1. The molecular formula is C14H17FN2O2.